The van der Waals surface area contributed by atoms with Crippen molar-refractivity contribution in [1.29, 1.82) is 5.26 Å². The Kier molecular flexibility index (Phi) is 6.94. The first-order valence-corrected chi connectivity index (χ1v) is 8.06. The molecule has 0 amide bonds. The van der Waals surface area contributed by atoms with E-state index in [1.54, 1.807) is 0 Å². The number of nitriles is 1. The summed E-state index contributed by atoms with van der Waals surface area (Å²) in [7, 11) is 2.22. The van der Waals surface area contributed by atoms with Crippen molar-refractivity contribution in [3.05, 3.63) is 0 Å². The lowest BCUT2D eigenvalue weighted by Gasteiger charge is -2.43. The molecular weight excluding hydrogens is 248 g/mol. The maximum Gasteiger partial charge on any atom is 0.105 e. The van der Waals surface area contributed by atoms with Crippen molar-refractivity contribution in [3.63, 3.8) is 0 Å². The largest absolute Gasteiger partial charge is 0.301 e. The number of hydrogen-bond donors (Lipinski definition) is 1. The predicted molar refractivity (Wildman–Crippen MR) is 84.7 cm³/mol. The Bertz CT molecular complexity index is 325. The molecule has 1 aliphatic rings. The molecule has 0 saturated carbocycles. The fourth-order valence-electron chi connectivity index (χ4n) is 3.09. The molecule has 1 fully saturated rings. The fourth-order valence-corrected chi connectivity index (χ4v) is 3.09. The van der Waals surface area contributed by atoms with Crippen molar-refractivity contribution in [1.82, 2.24) is 15.1 Å². The minimum Gasteiger partial charge on any atom is -0.301 e. The summed E-state index contributed by atoms with van der Waals surface area (Å²) in [5.74, 6) is 0. The highest BCUT2D eigenvalue weighted by Gasteiger charge is 2.31. The topological polar surface area (TPSA) is 42.3 Å². The van der Waals surface area contributed by atoms with Crippen LogP contribution in [-0.4, -0.2) is 60.6 Å². The quantitative estimate of drug-likeness (QED) is 0.775. The van der Waals surface area contributed by atoms with Crippen LogP contribution in [-0.2, 0) is 0 Å². The van der Waals surface area contributed by atoms with Gasteiger partial charge in [0.15, 0.2) is 0 Å². The van der Waals surface area contributed by atoms with Crippen LogP contribution in [0.3, 0.4) is 0 Å². The Morgan fingerprint density at radius 2 is 2.10 bits per heavy atom. The van der Waals surface area contributed by atoms with Gasteiger partial charge in [-0.25, -0.2) is 0 Å². The zero-order valence-electron chi connectivity index (χ0n) is 13.9. The average molecular weight is 280 g/mol. The molecule has 1 saturated heterocycles. The van der Waals surface area contributed by atoms with Gasteiger partial charge in [-0.2, -0.15) is 5.26 Å². The maximum absolute atomic E-state index is 9.46. The molecule has 0 aromatic carbocycles. The van der Waals surface area contributed by atoms with Gasteiger partial charge in [0.2, 0.25) is 0 Å². The summed E-state index contributed by atoms with van der Waals surface area (Å²) in [4.78, 5) is 5.01. The number of hydrogen-bond acceptors (Lipinski definition) is 4. The van der Waals surface area contributed by atoms with E-state index in [1.807, 2.05) is 6.92 Å². The van der Waals surface area contributed by atoms with Gasteiger partial charge in [0, 0.05) is 31.7 Å². The van der Waals surface area contributed by atoms with E-state index >= 15 is 0 Å². The third kappa shape index (κ3) is 4.73. The van der Waals surface area contributed by atoms with Crippen molar-refractivity contribution in [2.45, 2.75) is 64.6 Å². The molecule has 0 radical (unpaired) electrons. The Morgan fingerprint density at radius 3 is 2.65 bits per heavy atom. The monoisotopic (exact) mass is 280 g/mol. The summed E-state index contributed by atoms with van der Waals surface area (Å²) in [6.07, 6.45) is 3.16. The van der Waals surface area contributed by atoms with Crippen molar-refractivity contribution < 1.29 is 0 Å². The molecule has 0 aliphatic carbocycles. The lowest BCUT2D eigenvalue weighted by atomic mass is 9.93. The molecular formula is C16H32N4. The minimum atomic E-state index is -0.402. The summed E-state index contributed by atoms with van der Waals surface area (Å²) < 4.78 is 0. The molecule has 1 heterocycles. The van der Waals surface area contributed by atoms with Gasteiger partial charge in [-0.15, -0.1) is 0 Å². The lowest BCUT2D eigenvalue weighted by Crippen LogP contribution is -2.56. The van der Waals surface area contributed by atoms with Gasteiger partial charge in [-0.3, -0.25) is 10.2 Å². The Balaban J connectivity index is 2.57. The first kappa shape index (κ1) is 17.4. The summed E-state index contributed by atoms with van der Waals surface area (Å²) in [6.45, 7) is 13.0. The molecule has 116 valence electrons. The smallest absolute Gasteiger partial charge is 0.105 e. The van der Waals surface area contributed by atoms with Crippen molar-refractivity contribution in [3.8, 4) is 6.07 Å². The molecule has 3 unspecified atom stereocenters. The predicted octanol–water partition coefficient (Wildman–Crippen LogP) is 2.07. The Labute approximate surface area is 125 Å². The van der Waals surface area contributed by atoms with E-state index in [0.29, 0.717) is 12.1 Å². The van der Waals surface area contributed by atoms with Crippen LogP contribution >= 0.6 is 0 Å². The number of nitrogens with one attached hydrogen (secondary N) is 1. The van der Waals surface area contributed by atoms with E-state index in [1.165, 1.54) is 6.42 Å². The van der Waals surface area contributed by atoms with Gasteiger partial charge in [0.05, 0.1) is 6.07 Å². The molecule has 1 rings (SSSR count). The van der Waals surface area contributed by atoms with Crippen LogP contribution in [0.15, 0.2) is 0 Å². The molecule has 1 aliphatic heterocycles. The van der Waals surface area contributed by atoms with Crippen molar-refractivity contribution in [2.75, 3.05) is 33.2 Å². The molecule has 4 heteroatoms. The highest BCUT2D eigenvalue weighted by atomic mass is 15.3. The second-order valence-corrected chi connectivity index (χ2v) is 6.46. The lowest BCUT2D eigenvalue weighted by molar-refractivity contribution is 0.0590. The minimum absolute atomic E-state index is 0.402. The summed E-state index contributed by atoms with van der Waals surface area (Å²) in [5, 5.41) is 12.9. The van der Waals surface area contributed by atoms with Crippen LogP contribution in [0.1, 0.15) is 47.0 Å². The van der Waals surface area contributed by atoms with Gasteiger partial charge in [-0.1, -0.05) is 13.8 Å². The third-order valence-electron chi connectivity index (χ3n) is 4.62. The van der Waals surface area contributed by atoms with E-state index in [2.05, 4.69) is 49.0 Å². The number of nitrogens with zero attached hydrogens (tertiary/aromatic N) is 3. The van der Waals surface area contributed by atoms with Crippen LogP contribution < -0.4 is 5.32 Å². The van der Waals surface area contributed by atoms with Crippen molar-refractivity contribution >= 4 is 0 Å². The number of rotatable bonds is 7. The SMILES string of the molecule is CCCNC(C)(C#N)CC(C)N1CCN(C)C(CC)C1. The molecule has 0 aromatic heterocycles. The van der Waals surface area contributed by atoms with Gasteiger partial charge < -0.3 is 4.90 Å². The average Bonchev–Trinajstić information content (AvgIpc) is 2.45. The normalized spacial score (nSPS) is 25.9. The fraction of sp³-hybridized carbons (Fsp3) is 0.938. The molecule has 0 spiro atoms. The summed E-state index contributed by atoms with van der Waals surface area (Å²) >= 11 is 0. The highest BCUT2D eigenvalue weighted by Crippen LogP contribution is 2.20. The van der Waals surface area contributed by atoms with Crippen LogP contribution in [0.5, 0.6) is 0 Å². The molecule has 0 bridgehead atoms. The van der Waals surface area contributed by atoms with Crippen LogP contribution in [0.2, 0.25) is 0 Å². The molecule has 20 heavy (non-hydrogen) atoms. The van der Waals surface area contributed by atoms with E-state index in [0.717, 1.165) is 39.0 Å². The molecule has 4 nitrogen and oxygen atoms in total. The van der Waals surface area contributed by atoms with Gasteiger partial charge >= 0.3 is 0 Å². The molecule has 0 aromatic rings. The maximum atomic E-state index is 9.46. The van der Waals surface area contributed by atoms with Crippen LogP contribution in [0, 0.1) is 11.3 Å². The number of piperazine rings is 1. The van der Waals surface area contributed by atoms with E-state index in [9.17, 15) is 5.26 Å². The summed E-state index contributed by atoms with van der Waals surface area (Å²) in [6, 6.07) is 3.58. The van der Waals surface area contributed by atoms with Crippen LogP contribution in [0.25, 0.3) is 0 Å². The second-order valence-electron chi connectivity index (χ2n) is 6.46. The van der Waals surface area contributed by atoms with Crippen LogP contribution in [0.4, 0.5) is 0 Å². The van der Waals surface area contributed by atoms with Gasteiger partial charge in [0.25, 0.3) is 0 Å². The highest BCUT2D eigenvalue weighted by molar-refractivity contribution is 5.05. The third-order valence-corrected chi connectivity index (χ3v) is 4.62. The van der Waals surface area contributed by atoms with E-state index < -0.39 is 5.54 Å². The zero-order chi connectivity index (χ0) is 15.2. The standard InChI is InChI=1S/C16H32N4/c1-6-8-18-16(4,13-17)11-14(3)20-10-9-19(5)15(7-2)12-20/h14-15,18H,6-12H2,1-5H3. The van der Waals surface area contributed by atoms with Gasteiger partial charge in [0.1, 0.15) is 5.54 Å². The van der Waals surface area contributed by atoms with Crippen molar-refractivity contribution in [2.24, 2.45) is 0 Å². The molecule has 3 atom stereocenters. The second kappa shape index (κ2) is 7.97. The van der Waals surface area contributed by atoms with E-state index in [4.69, 9.17) is 0 Å². The first-order chi connectivity index (χ1) is 9.45. The Hall–Kier alpha value is -0.630. The molecule has 1 N–H and O–H groups in total. The number of likely N-dealkylation sites (N-methyl/N-ethyl adjacent to an activating group) is 1. The van der Waals surface area contributed by atoms with Gasteiger partial charge in [-0.05, 0) is 46.7 Å². The zero-order valence-corrected chi connectivity index (χ0v) is 13.9. The first-order valence-electron chi connectivity index (χ1n) is 8.06. The Morgan fingerprint density at radius 1 is 1.40 bits per heavy atom. The van der Waals surface area contributed by atoms with E-state index in [-0.39, 0.29) is 0 Å². The summed E-state index contributed by atoms with van der Waals surface area (Å²) in [5.41, 5.74) is -0.402.